The van der Waals surface area contributed by atoms with Gasteiger partial charge in [-0.2, -0.15) is 0 Å². The lowest BCUT2D eigenvalue weighted by Crippen LogP contribution is -2.37. The first kappa shape index (κ1) is 25.3. The van der Waals surface area contributed by atoms with Crippen molar-refractivity contribution in [1.82, 2.24) is 5.32 Å². The zero-order valence-electron chi connectivity index (χ0n) is 18.2. The molecule has 2 aromatic rings. The molecule has 0 aliphatic rings. The summed E-state index contributed by atoms with van der Waals surface area (Å²) in [6, 6.07) is 11.7. The van der Waals surface area contributed by atoms with E-state index in [2.05, 4.69) is 20.9 Å². The van der Waals surface area contributed by atoms with Crippen LogP contribution in [0.5, 0.6) is 0 Å². The fourth-order valence-corrected chi connectivity index (χ4v) is 3.86. The van der Waals surface area contributed by atoms with Crippen LogP contribution in [-0.2, 0) is 24.1 Å². The Labute approximate surface area is 191 Å². The number of carbonyl (C=O) groups excluding carboxylic acids is 3. The molecule has 0 aliphatic heterocycles. The summed E-state index contributed by atoms with van der Waals surface area (Å²) < 4.78 is 35.6. The molecule has 0 heterocycles. The molecule has 11 nitrogen and oxygen atoms in total. The van der Waals surface area contributed by atoms with Gasteiger partial charge in [0, 0.05) is 6.92 Å². The molecule has 0 aromatic heterocycles. The van der Waals surface area contributed by atoms with Crippen molar-refractivity contribution in [3.8, 4) is 0 Å². The zero-order valence-corrected chi connectivity index (χ0v) is 19.1. The molecule has 2 rings (SSSR count). The van der Waals surface area contributed by atoms with Crippen LogP contribution in [0.1, 0.15) is 20.8 Å². The zero-order chi connectivity index (χ0) is 24.4. The van der Waals surface area contributed by atoms with E-state index in [0.717, 1.165) is 0 Å². The van der Waals surface area contributed by atoms with Crippen molar-refractivity contribution in [2.45, 2.75) is 30.6 Å². The van der Waals surface area contributed by atoms with E-state index in [1.54, 1.807) is 32.0 Å². The van der Waals surface area contributed by atoms with E-state index >= 15 is 0 Å². The average Bonchev–Trinajstić information content (AvgIpc) is 2.75. The van der Waals surface area contributed by atoms with Crippen LogP contribution in [0.3, 0.4) is 0 Å². The van der Waals surface area contributed by atoms with Gasteiger partial charge < -0.3 is 20.1 Å². The molecule has 0 atom stereocenters. The number of hydrogen-bond donors (Lipinski definition) is 3. The first-order chi connectivity index (χ1) is 15.7. The molecule has 0 spiro atoms. The summed E-state index contributed by atoms with van der Waals surface area (Å²) in [5.74, 6) is -0.827. The van der Waals surface area contributed by atoms with Crippen LogP contribution in [0.15, 0.2) is 63.3 Å². The lowest BCUT2D eigenvalue weighted by Gasteiger charge is -2.16. The van der Waals surface area contributed by atoms with Crippen LogP contribution in [0, 0.1) is 0 Å². The standard InChI is InChI=1S/C21H24N4O7S/c1-4-31-20(27)24-19(25-21(28)32-5-2)23-18-13-16(11-12-17(18)22-14(3)26)33(29,30)15-9-7-6-8-10-15/h6-13H,4-5H2,1-3H3,(H,22,26)(H2,23,24,25,27,28). The maximum absolute atomic E-state index is 13.0. The van der Waals surface area contributed by atoms with Crippen molar-refractivity contribution in [3.05, 3.63) is 48.5 Å². The summed E-state index contributed by atoms with van der Waals surface area (Å²) in [4.78, 5) is 39.0. The van der Waals surface area contributed by atoms with Crippen LogP contribution in [0.4, 0.5) is 21.0 Å². The third-order valence-electron chi connectivity index (χ3n) is 3.89. The lowest BCUT2D eigenvalue weighted by atomic mass is 10.2. The van der Waals surface area contributed by atoms with Gasteiger partial charge in [-0.05, 0) is 44.2 Å². The predicted octanol–water partition coefficient (Wildman–Crippen LogP) is 3.15. The number of nitrogens with zero attached hydrogens (tertiary/aromatic N) is 1. The normalized spacial score (nSPS) is 11.3. The lowest BCUT2D eigenvalue weighted by molar-refractivity contribution is -0.114. The van der Waals surface area contributed by atoms with E-state index in [-0.39, 0.29) is 34.4 Å². The first-order valence-electron chi connectivity index (χ1n) is 9.85. The Kier molecular flexibility index (Phi) is 8.92. The van der Waals surface area contributed by atoms with Crippen molar-refractivity contribution in [2.75, 3.05) is 23.8 Å². The molecule has 0 saturated carbocycles. The molecule has 0 fully saturated rings. The van der Waals surface area contributed by atoms with Crippen molar-refractivity contribution < 1.29 is 32.3 Å². The average molecular weight is 477 g/mol. The topological polar surface area (TPSA) is 152 Å². The fraction of sp³-hybridized carbons (Fsp3) is 0.238. The van der Waals surface area contributed by atoms with Gasteiger partial charge in [0.25, 0.3) is 0 Å². The highest BCUT2D eigenvalue weighted by Crippen LogP contribution is 2.29. The number of alkyl carbamates (subject to hydrolysis) is 1. The van der Waals surface area contributed by atoms with Crippen molar-refractivity contribution in [3.63, 3.8) is 0 Å². The molecule has 0 aliphatic carbocycles. The minimum atomic E-state index is -3.90. The molecular weight excluding hydrogens is 452 g/mol. The van der Waals surface area contributed by atoms with Gasteiger partial charge in [0.1, 0.15) is 0 Å². The number of hydrogen-bond acceptors (Lipinski definition) is 7. The maximum atomic E-state index is 13.0. The smallest absolute Gasteiger partial charge is 0.436 e. The van der Waals surface area contributed by atoms with Gasteiger partial charge in [-0.1, -0.05) is 18.2 Å². The molecule has 0 bridgehead atoms. The minimum Gasteiger partial charge on any atom is -0.450 e. The second-order valence-corrected chi connectivity index (χ2v) is 8.28. The SMILES string of the molecule is CCOC(=O)/N=C(\NC(=O)OCC)Nc1cc(S(=O)(=O)c2ccccc2)ccc1NC(C)=O. The Morgan fingerprint density at radius 2 is 1.55 bits per heavy atom. The third kappa shape index (κ3) is 7.31. The van der Waals surface area contributed by atoms with Gasteiger partial charge in [-0.15, -0.1) is 4.99 Å². The molecule has 33 heavy (non-hydrogen) atoms. The van der Waals surface area contributed by atoms with Crippen molar-refractivity contribution >= 4 is 45.3 Å². The molecule has 2 aromatic carbocycles. The second kappa shape index (κ2) is 11.6. The van der Waals surface area contributed by atoms with Gasteiger partial charge in [-0.3, -0.25) is 10.1 Å². The van der Waals surface area contributed by atoms with E-state index in [4.69, 9.17) is 9.47 Å². The third-order valence-corrected chi connectivity index (χ3v) is 5.65. The number of amides is 3. The van der Waals surface area contributed by atoms with Gasteiger partial charge in [0.2, 0.25) is 21.7 Å². The monoisotopic (exact) mass is 476 g/mol. The highest BCUT2D eigenvalue weighted by atomic mass is 32.2. The summed E-state index contributed by atoms with van der Waals surface area (Å²) in [6.07, 6.45) is -1.92. The molecule has 3 N–H and O–H groups in total. The first-order valence-corrected chi connectivity index (χ1v) is 11.3. The molecular formula is C21H24N4O7S. The fourth-order valence-electron chi connectivity index (χ4n) is 2.55. The van der Waals surface area contributed by atoms with Gasteiger partial charge in [0.15, 0.2) is 0 Å². The Balaban J connectivity index is 2.52. The van der Waals surface area contributed by atoms with Crippen molar-refractivity contribution in [2.24, 2.45) is 4.99 Å². The van der Waals surface area contributed by atoms with Gasteiger partial charge in [0.05, 0.1) is 34.4 Å². The van der Waals surface area contributed by atoms with E-state index in [1.807, 2.05) is 0 Å². The Bertz CT molecular complexity index is 1150. The molecule has 176 valence electrons. The Morgan fingerprint density at radius 3 is 2.15 bits per heavy atom. The van der Waals surface area contributed by atoms with Crippen LogP contribution >= 0.6 is 0 Å². The van der Waals surface area contributed by atoms with E-state index in [0.29, 0.717) is 0 Å². The summed E-state index contributed by atoms with van der Waals surface area (Å²) in [7, 11) is -3.90. The number of sulfone groups is 1. The quantitative estimate of drug-likeness (QED) is 0.425. The Morgan fingerprint density at radius 1 is 0.879 bits per heavy atom. The minimum absolute atomic E-state index is 0.0387. The molecule has 0 unspecified atom stereocenters. The molecule has 3 amide bonds. The van der Waals surface area contributed by atoms with Gasteiger partial charge in [-0.25, -0.2) is 18.0 Å². The number of nitrogens with one attached hydrogen (secondary N) is 3. The van der Waals surface area contributed by atoms with Crippen LogP contribution < -0.4 is 16.0 Å². The number of rotatable bonds is 6. The predicted molar refractivity (Wildman–Crippen MR) is 121 cm³/mol. The van der Waals surface area contributed by atoms with Gasteiger partial charge >= 0.3 is 12.2 Å². The number of anilines is 2. The summed E-state index contributed by atoms with van der Waals surface area (Å²) in [5, 5.41) is 7.44. The second-order valence-electron chi connectivity index (χ2n) is 6.33. The number of carbonyl (C=O) groups is 3. The van der Waals surface area contributed by atoms with Crippen LogP contribution in [0.25, 0.3) is 0 Å². The molecule has 0 saturated heterocycles. The van der Waals surface area contributed by atoms with Crippen LogP contribution in [0.2, 0.25) is 0 Å². The van der Waals surface area contributed by atoms with E-state index in [9.17, 15) is 22.8 Å². The Hall–Kier alpha value is -3.93. The number of guanidine groups is 1. The molecule has 12 heteroatoms. The van der Waals surface area contributed by atoms with Crippen LogP contribution in [-0.4, -0.2) is 45.7 Å². The van der Waals surface area contributed by atoms with E-state index < -0.39 is 33.9 Å². The number of aliphatic imine (C=N–C) groups is 1. The molecule has 0 radical (unpaired) electrons. The number of benzene rings is 2. The summed E-state index contributed by atoms with van der Waals surface area (Å²) in [6.45, 7) is 4.52. The van der Waals surface area contributed by atoms with E-state index in [1.165, 1.54) is 37.3 Å². The highest BCUT2D eigenvalue weighted by Gasteiger charge is 2.20. The highest BCUT2D eigenvalue weighted by molar-refractivity contribution is 7.91. The summed E-state index contributed by atoms with van der Waals surface area (Å²) in [5.41, 5.74) is 0.221. The summed E-state index contributed by atoms with van der Waals surface area (Å²) >= 11 is 0. The number of ether oxygens (including phenoxy) is 2. The maximum Gasteiger partial charge on any atom is 0.436 e. The van der Waals surface area contributed by atoms with Crippen molar-refractivity contribution in [1.29, 1.82) is 0 Å². The largest absolute Gasteiger partial charge is 0.450 e.